The molecule has 0 aromatic carbocycles. The number of ether oxygens (including phenoxy) is 1. The van der Waals surface area contributed by atoms with E-state index in [4.69, 9.17) is 4.74 Å². The van der Waals surface area contributed by atoms with E-state index >= 15 is 0 Å². The second kappa shape index (κ2) is 5.76. The monoisotopic (exact) mass is 178 g/mol. The Morgan fingerprint density at radius 2 is 2.46 bits per heavy atom. The maximum Gasteiger partial charge on any atom is 0.0712 e. The van der Waals surface area contributed by atoms with Crippen LogP contribution in [0.2, 0.25) is 0 Å². The standard InChI is InChI=1S/C12H18O/c1-3-11(10-13-2)9-12-7-5-4-6-8-12/h3,7,9H,1,4-6,8,10H2,2H3/b11-9+. The zero-order valence-electron chi connectivity index (χ0n) is 8.38. The predicted octanol–water partition coefficient (Wildman–Crippen LogP) is 3.25. The highest BCUT2D eigenvalue weighted by atomic mass is 16.5. The van der Waals surface area contributed by atoms with Gasteiger partial charge in [-0.25, -0.2) is 0 Å². The average molecular weight is 178 g/mol. The molecule has 0 saturated heterocycles. The maximum atomic E-state index is 5.07. The summed E-state index contributed by atoms with van der Waals surface area (Å²) in [7, 11) is 1.71. The molecule has 0 saturated carbocycles. The van der Waals surface area contributed by atoms with Crippen molar-refractivity contribution in [2.75, 3.05) is 13.7 Å². The van der Waals surface area contributed by atoms with Crippen molar-refractivity contribution in [3.63, 3.8) is 0 Å². The van der Waals surface area contributed by atoms with Crippen molar-refractivity contribution in [3.8, 4) is 0 Å². The van der Waals surface area contributed by atoms with Crippen LogP contribution in [0.4, 0.5) is 0 Å². The van der Waals surface area contributed by atoms with Crippen molar-refractivity contribution in [2.24, 2.45) is 0 Å². The molecule has 1 nitrogen and oxygen atoms in total. The minimum atomic E-state index is 0.668. The third kappa shape index (κ3) is 3.60. The fourth-order valence-electron chi connectivity index (χ4n) is 1.56. The van der Waals surface area contributed by atoms with E-state index in [1.54, 1.807) is 7.11 Å². The molecule has 1 aliphatic carbocycles. The highest BCUT2D eigenvalue weighted by molar-refractivity contribution is 5.30. The van der Waals surface area contributed by atoms with E-state index in [0.717, 1.165) is 0 Å². The zero-order chi connectivity index (χ0) is 9.52. The summed E-state index contributed by atoms with van der Waals surface area (Å²) in [6.45, 7) is 4.44. The van der Waals surface area contributed by atoms with Crippen LogP contribution in [0.25, 0.3) is 0 Å². The molecule has 0 fully saturated rings. The van der Waals surface area contributed by atoms with Crippen LogP contribution in [0.5, 0.6) is 0 Å². The third-order valence-corrected chi connectivity index (χ3v) is 2.27. The van der Waals surface area contributed by atoms with Gasteiger partial charge < -0.3 is 4.74 Å². The van der Waals surface area contributed by atoms with Gasteiger partial charge in [0, 0.05) is 7.11 Å². The van der Waals surface area contributed by atoms with Crippen LogP contribution in [0.15, 0.2) is 36.0 Å². The average Bonchev–Trinajstić information content (AvgIpc) is 2.19. The van der Waals surface area contributed by atoms with Crippen molar-refractivity contribution in [2.45, 2.75) is 25.7 Å². The molecule has 0 amide bonds. The third-order valence-electron chi connectivity index (χ3n) is 2.27. The second-order valence-corrected chi connectivity index (χ2v) is 3.38. The molecule has 0 radical (unpaired) electrons. The molecule has 1 rings (SSSR count). The lowest BCUT2D eigenvalue weighted by atomic mass is 9.98. The fourth-order valence-corrected chi connectivity index (χ4v) is 1.56. The molecule has 0 aromatic rings. The number of allylic oxidation sites excluding steroid dienone is 3. The van der Waals surface area contributed by atoms with Gasteiger partial charge in [0.25, 0.3) is 0 Å². The van der Waals surface area contributed by atoms with E-state index in [1.165, 1.54) is 36.8 Å². The Kier molecular flexibility index (Phi) is 4.55. The summed E-state index contributed by atoms with van der Waals surface area (Å²) in [5.74, 6) is 0. The predicted molar refractivity (Wildman–Crippen MR) is 56.7 cm³/mol. The van der Waals surface area contributed by atoms with Crippen molar-refractivity contribution in [1.82, 2.24) is 0 Å². The van der Waals surface area contributed by atoms with Crippen molar-refractivity contribution in [1.29, 1.82) is 0 Å². The molecule has 0 atom stereocenters. The topological polar surface area (TPSA) is 9.23 Å². The maximum absolute atomic E-state index is 5.07. The fraction of sp³-hybridized carbons (Fsp3) is 0.500. The quantitative estimate of drug-likeness (QED) is 0.600. The Bertz CT molecular complexity index is 223. The van der Waals surface area contributed by atoms with Crippen LogP contribution >= 0.6 is 0 Å². The summed E-state index contributed by atoms with van der Waals surface area (Å²) in [6, 6.07) is 0. The lowest BCUT2D eigenvalue weighted by Crippen LogP contribution is -1.94. The summed E-state index contributed by atoms with van der Waals surface area (Å²) in [5, 5.41) is 0. The van der Waals surface area contributed by atoms with Crippen LogP contribution in [-0.2, 0) is 4.74 Å². The summed E-state index contributed by atoms with van der Waals surface area (Å²) < 4.78 is 5.07. The van der Waals surface area contributed by atoms with Crippen LogP contribution in [-0.4, -0.2) is 13.7 Å². The van der Waals surface area contributed by atoms with Gasteiger partial charge in [0.2, 0.25) is 0 Å². The Labute approximate surface area is 80.8 Å². The SMILES string of the molecule is C=C/C(=C\C1=CCCCC1)COC. The molecule has 0 bridgehead atoms. The van der Waals surface area contributed by atoms with E-state index < -0.39 is 0 Å². The van der Waals surface area contributed by atoms with Crippen LogP contribution in [0.3, 0.4) is 0 Å². The van der Waals surface area contributed by atoms with Gasteiger partial charge >= 0.3 is 0 Å². The summed E-state index contributed by atoms with van der Waals surface area (Å²) in [4.78, 5) is 0. The lowest BCUT2D eigenvalue weighted by molar-refractivity contribution is 0.228. The minimum Gasteiger partial charge on any atom is -0.380 e. The molecule has 0 unspecified atom stereocenters. The molecular weight excluding hydrogens is 160 g/mol. The molecule has 1 heteroatoms. The largest absolute Gasteiger partial charge is 0.380 e. The van der Waals surface area contributed by atoms with E-state index in [0.29, 0.717) is 6.61 Å². The van der Waals surface area contributed by atoms with Gasteiger partial charge in [-0.15, -0.1) is 0 Å². The molecule has 0 heterocycles. The highest BCUT2D eigenvalue weighted by Crippen LogP contribution is 2.19. The van der Waals surface area contributed by atoms with Crippen molar-refractivity contribution in [3.05, 3.63) is 36.0 Å². The van der Waals surface area contributed by atoms with E-state index in [2.05, 4.69) is 18.7 Å². The van der Waals surface area contributed by atoms with Gasteiger partial charge in [-0.2, -0.15) is 0 Å². The Hall–Kier alpha value is -0.820. The zero-order valence-corrected chi connectivity index (χ0v) is 8.38. The Morgan fingerprint density at radius 1 is 1.62 bits per heavy atom. The summed E-state index contributed by atoms with van der Waals surface area (Å²) in [5.41, 5.74) is 2.62. The highest BCUT2D eigenvalue weighted by Gasteiger charge is 2.01. The Balaban J connectivity index is 2.59. The minimum absolute atomic E-state index is 0.668. The molecule has 0 aromatic heterocycles. The molecular formula is C12H18O. The van der Waals surface area contributed by atoms with Gasteiger partial charge in [-0.05, 0) is 31.3 Å². The van der Waals surface area contributed by atoms with Gasteiger partial charge in [0.05, 0.1) is 6.61 Å². The first kappa shape index (κ1) is 10.3. The number of hydrogen-bond donors (Lipinski definition) is 0. The van der Waals surface area contributed by atoms with Gasteiger partial charge in [-0.1, -0.05) is 30.4 Å². The molecule has 0 spiro atoms. The molecule has 13 heavy (non-hydrogen) atoms. The number of hydrogen-bond acceptors (Lipinski definition) is 1. The van der Waals surface area contributed by atoms with Gasteiger partial charge in [-0.3, -0.25) is 0 Å². The van der Waals surface area contributed by atoms with E-state index in [-0.39, 0.29) is 0 Å². The summed E-state index contributed by atoms with van der Waals surface area (Å²) >= 11 is 0. The first-order chi connectivity index (χ1) is 6.36. The smallest absolute Gasteiger partial charge is 0.0712 e. The first-order valence-corrected chi connectivity index (χ1v) is 4.88. The molecule has 0 aliphatic heterocycles. The van der Waals surface area contributed by atoms with Gasteiger partial charge in [0.15, 0.2) is 0 Å². The van der Waals surface area contributed by atoms with Crippen LogP contribution < -0.4 is 0 Å². The number of rotatable bonds is 4. The van der Waals surface area contributed by atoms with Crippen molar-refractivity contribution >= 4 is 0 Å². The van der Waals surface area contributed by atoms with Gasteiger partial charge in [0.1, 0.15) is 0 Å². The normalized spacial score (nSPS) is 18.2. The summed E-state index contributed by atoms with van der Waals surface area (Å²) in [6.07, 6.45) is 11.5. The molecule has 72 valence electrons. The lowest BCUT2D eigenvalue weighted by Gasteiger charge is -2.09. The van der Waals surface area contributed by atoms with Crippen LogP contribution in [0.1, 0.15) is 25.7 Å². The van der Waals surface area contributed by atoms with Crippen molar-refractivity contribution < 1.29 is 4.74 Å². The molecule has 1 aliphatic rings. The van der Waals surface area contributed by atoms with Crippen LogP contribution in [0, 0.1) is 0 Å². The molecule has 0 N–H and O–H groups in total. The van der Waals surface area contributed by atoms with E-state index in [1.807, 2.05) is 6.08 Å². The Morgan fingerprint density at radius 3 is 3.00 bits per heavy atom. The first-order valence-electron chi connectivity index (χ1n) is 4.88. The second-order valence-electron chi connectivity index (χ2n) is 3.38. The number of methoxy groups -OCH3 is 1. The van der Waals surface area contributed by atoms with E-state index in [9.17, 15) is 0 Å².